The van der Waals surface area contributed by atoms with Crippen LogP contribution in [0.5, 0.6) is 0 Å². The van der Waals surface area contributed by atoms with E-state index in [2.05, 4.69) is 15.5 Å². The van der Waals surface area contributed by atoms with Crippen molar-refractivity contribution in [1.29, 1.82) is 0 Å². The number of nitrogens with zero attached hydrogens (tertiary/aromatic N) is 2. The van der Waals surface area contributed by atoms with Gasteiger partial charge in [0.05, 0.1) is 0 Å². The fourth-order valence-electron chi connectivity index (χ4n) is 3.65. The maximum Gasteiger partial charge on any atom is 0.319 e. The maximum absolute atomic E-state index is 13.1. The van der Waals surface area contributed by atoms with Gasteiger partial charge in [0, 0.05) is 19.1 Å². The summed E-state index contributed by atoms with van der Waals surface area (Å²) in [6.07, 6.45) is 6.21. The molecule has 27 heavy (non-hydrogen) atoms. The number of amides is 1. The van der Waals surface area contributed by atoms with Crippen LogP contribution in [-0.2, 0) is 14.3 Å². The predicted octanol–water partition coefficient (Wildman–Crippen LogP) is 2.59. The molecule has 2 atom stereocenters. The molecule has 1 saturated heterocycles. The molecule has 0 aromatic carbocycles. The summed E-state index contributed by atoms with van der Waals surface area (Å²) in [5, 5.41) is 16.7. The molecule has 1 aromatic rings. The Kier molecular flexibility index (Phi) is 5.94. The lowest BCUT2D eigenvalue weighted by Gasteiger charge is -2.33. The summed E-state index contributed by atoms with van der Waals surface area (Å²) in [5.41, 5.74) is -1.45. The zero-order valence-corrected chi connectivity index (χ0v) is 15.8. The van der Waals surface area contributed by atoms with E-state index < -0.39 is 23.3 Å². The van der Waals surface area contributed by atoms with Gasteiger partial charge in [-0.25, -0.2) is 0 Å². The summed E-state index contributed by atoms with van der Waals surface area (Å²) >= 11 is 0. The Labute approximate surface area is 158 Å². The van der Waals surface area contributed by atoms with Crippen LogP contribution in [-0.4, -0.2) is 40.3 Å². The fraction of sp³-hybridized carbons (Fsp3) is 0.684. The van der Waals surface area contributed by atoms with Gasteiger partial charge < -0.3 is 19.7 Å². The summed E-state index contributed by atoms with van der Waals surface area (Å²) in [6.45, 7) is 5.11. The Morgan fingerprint density at radius 3 is 2.59 bits per heavy atom. The second-order valence-electron chi connectivity index (χ2n) is 7.65. The number of rotatable bonds is 6. The molecular weight excluding hydrogens is 350 g/mol. The number of hydrogen-bond donors (Lipinski definition) is 2. The first-order valence-electron chi connectivity index (χ1n) is 9.54. The lowest BCUT2D eigenvalue weighted by molar-refractivity contribution is -0.157. The number of allylic oxidation sites excluding steroid dienone is 2. The maximum atomic E-state index is 13.1. The van der Waals surface area contributed by atoms with Gasteiger partial charge >= 0.3 is 5.97 Å². The van der Waals surface area contributed by atoms with E-state index in [1.54, 1.807) is 6.08 Å². The first-order chi connectivity index (χ1) is 12.9. The Morgan fingerprint density at radius 1 is 1.30 bits per heavy atom. The number of carboxylic acids is 1. The van der Waals surface area contributed by atoms with E-state index in [0.717, 1.165) is 12.8 Å². The summed E-state index contributed by atoms with van der Waals surface area (Å²) in [5.74, 6) is -0.505. The van der Waals surface area contributed by atoms with E-state index in [1.165, 1.54) is 0 Å². The van der Waals surface area contributed by atoms with Crippen LogP contribution in [0.15, 0.2) is 16.7 Å². The SMILES string of the molecule is CC(C)c1noc(C(NC(=O)C2(C(=O)O)CC=CCC2)C2CCOCC2)n1. The molecule has 0 saturated carbocycles. The second kappa shape index (κ2) is 8.21. The third-order valence-corrected chi connectivity index (χ3v) is 5.48. The van der Waals surface area contributed by atoms with E-state index >= 15 is 0 Å². The van der Waals surface area contributed by atoms with Crippen LogP contribution in [0.1, 0.15) is 69.6 Å². The molecule has 2 aliphatic rings. The van der Waals surface area contributed by atoms with Crippen molar-refractivity contribution in [3.63, 3.8) is 0 Å². The van der Waals surface area contributed by atoms with Crippen molar-refractivity contribution in [1.82, 2.24) is 15.5 Å². The molecule has 1 aliphatic carbocycles. The minimum absolute atomic E-state index is 0.0631. The Balaban J connectivity index is 1.86. The first-order valence-corrected chi connectivity index (χ1v) is 9.54. The van der Waals surface area contributed by atoms with E-state index in [1.807, 2.05) is 19.9 Å². The second-order valence-corrected chi connectivity index (χ2v) is 7.65. The molecule has 1 aliphatic heterocycles. The molecule has 0 bridgehead atoms. The van der Waals surface area contributed by atoms with E-state index in [0.29, 0.717) is 31.3 Å². The molecule has 8 heteroatoms. The van der Waals surface area contributed by atoms with Gasteiger partial charge in [0.2, 0.25) is 11.8 Å². The number of carbonyl (C=O) groups excluding carboxylic acids is 1. The van der Waals surface area contributed by atoms with Gasteiger partial charge in [0.25, 0.3) is 0 Å². The predicted molar refractivity (Wildman–Crippen MR) is 95.9 cm³/mol. The zero-order valence-electron chi connectivity index (χ0n) is 15.8. The van der Waals surface area contributed by atoms with Gasteiger partial charge in [-0.2, -0.15) is 4.98 Å². The molecule has 0 spiro atoms. The van der Waals surface area contributed by atoms with Gasteiger partial charge in [0.15, 0.2) is 5.82 Å². The summed E-state index contributed by atoms with van der Waals surface area (Å²) < 4.78 is 10.9. The molecule has 8 nitrogen and oxygen atoms in total. The zero-order chi connectivity index (χ0) is 19.4. The van der Waals surface area contributed by atoms with Crippen molar-refractivity contribution in [2.45, 2.75) is 57.9 Å². The Bertz CT molecular complexity index is 708. The highest BCUT2D eigenvalue weighted by Crippen LogP contribution is 2.36. The summed E-state index contributed by atoms with van der Waals surface area (Å²) in [7, 11) is 0. The monoisotopic (exact) mass is 377 g/mol. The first kappa shape index (κ1) is 19.5. The molecule has 2 unspecified atom stereocenters. The van der Waals surface area contributed by atoms with Gasteiger partial charge in [-0.05, 0) is 38.0 Å². The number of ether oxygens (including phenoxy) is 1. The highest BCUT2D eigenvalue weighted by molar-refractivity contribution is 6.02. The van der Waals surface area contributed by atoms with Crippen molar-refractivity contribution in [3.05, 3.63) is 23.9 Å². The van der Waals surface area contributed by atoms with Crippen LogP contribution in [0.25, 0.3) is 0 Å². The third kappa shape index (κ3) is 4.05. The Hall–Kier alpha value is -2.22. The lowest BCUT2D eigenvalue weighted by atomic mass is 9.75. The molecule has 1 amide bonds. The van der Waals surface area contributed by atoms with Crippen LogP contribution in [0.2, 0.25) is 0 Å². The topological polar surface area (TPSA) is 115 Å². The van der Waals surface area contributed by atoms with Crippen LogP contribution in [0.3, 0.4) is 0 Å². The molecule has 3 rings (SSSR count). The van der Waals surface area contributed by atoms with E-state index in [-0.39, 0.29) is 24.7 Å². The highest BCUT2D eigenvalue weighted by atomic mass is 16.5. The van der Waals surface area contributed by atoms with Crippen LogP contribution in [0.4, 0.5) is 0 Å². The van der Waals surface area contributed by atoms with Gasteiger partial charge in [-0.1, -0.05) is 31.2 Å². The van der Waals surface area contributed by atoms with Crippen molar-refractivity contribution in [2.24, 2.45) is 11.3 Å². The van der Waals surface area contributed by atoms with Gasteiger partial charge in [-0.15, -0.1) is 0 Å². The number of nitrogens with one attached hydrogen (secondary N) is 1. The van der Waals surface area contributed by atoms with Crippen molar-refractivity contribution >= 4 is 11.9 Å². The summed E-state index contributed by atoms with van der Waals surface area (Å²) in [4.78, 5) is 29.5. The minimum atomic E-state index is -1.45. The van der Waals surface area contributed by atoms with Crippen molar-refractivity contribution < 1.29 is 24.0 Å². The standard InChI is InChI=1S/C19H27N3O5/c1-12(2)15-21-16(27-22-15)14(13-6-10-26-11-7-13)20-17(23)19(18(24)25)8-4-3-5-9-19/h3-4,12-14H,5-11H2,1-2H3,(H,20,23)(H,24,25). The quantitative estimate of drug-likeness (QED) is 0.578. The van der Waals surface area contributed by atoms with Crippen LogP contribution >= 0.6 is 0 Å². The summed E-state index contributed by atoms with van der Waals surface area (Å²) in [6, 6.07) is -0.511. The molecule has 1 aromatic heterocycles. The third-order valence-electron chi connectivity index (χ3n) is 5.48. The van der Waals surface area contributed by atoms with Crippen LogP contribution in [0, 0.1) is 11.3 Å². The van der Waals surface area contributed by atoms with Gasteiger partial charge in [0.1, 0.15) is 11.5 Å². The highest BCUT2D eigenvalue weighted by Gasteiger charge is 2.47. The molecule has 1 fully saturated rings. The fourth-order valence-corrected chi connectivity index (χ4v) is 3.65. The molecule has 2 N–H and O–H groups in total. The molecule has 2 heterocycles. The number of aromatic nitrogens is 2. The normalized spacial score (nSPS) is 24.7. The van der Waals surface area contributed by atoms with Crippen LogP contribution < -0.4 is 5.32 Å². The van der Waals surface area contributed by atoms with E-state index in [4.69, 9.17) is 9.26 Å². The average Bonchev–Trinajstić information content (AvgIpc) is 3.17. The number of carbonyl (C=O) groups is 2. The van der Waals surface area contributed by atoms with Crippen molar-refractivity contribution in [2.75, 3.05) is 13.2 Å². The smallest absolute Gasteiger partial charge is 0.319 e. The van der Waals surface area contributed by atoms with E-state index in [9.17, 15) is 14.7 Å². The number of aliphatic carboxylic acids is 1. The molecular formula is C19H27N3O5. The number of carboxylic acid groups (broad SMARTS) is 1. The number of hydrogen-bond acceptors (Lipinski definition) is 6. The molecule has 148 valence electrons. The largest absolute Gasteiger partial charge is 0.480 e. The molecule has 0 radical (unpaired) electrons. The van der Waals surface area contributed by atoms with Gasteiger partial charge in [-0.3, -0.25) is 9.59 Å². The Morgan fingerprint density at radius 2 is 2.04 bits per heavy atom. The minimum Gasteiger partial charge on any atom is -0.480 e. The lowest BCUT2D eigenvalue weighted by Crippen LogP contribution is -2.49. The van der Waals surface area contributed by atoms with Crippen molar-refractivity contribution in [3.8, 4) is 0 Å². The average molecular weight is 377 g/mol.